The summed E-state index contributed by atoms with van der Waals surface area (Å²) >= 11 is 0. The maximum absolute atomic E-state index is 6.02. The molecule has 2 heterocycles. The molecule has 0 spiro atoms. The molecule has 29 heavy (non-hydrogen) atoms. The Morgan fingerprint density at radius 3 is 2.59 bits per heavy atom. The summed E-state index contributed by atoms with van der Waals surface area (Å²) in [5.74, 6) is 2.96. The second-order valence-corrected chi connectivity index (χ2v) is 7.45. The average molecular weight is 414 g/mol. The van der Waals surface area contributed by atoms with E-state index in [1.807, 2.05) is 48.5 Å². The van der Waals surface area contributed by atoms with Crippen LogP contribution in [0, 0.1) is 0 Å². The predicted octanol–water partition coefficient (Wildman–Crippen LogP) is 4.39. The van der Waals surface area contributed by atoms with Gasteiger partial charge in [0.1, 0.15) is 11.3 Å². The van der Waals surface area contributed by atoms with Crippen LogP contribution in [0.4, 0.5) is 5.82 Å². The molecule has 2 aromatic heterocycles. The van der Waals surface area contributed by atoms with E-state index in [0.29, 0.717) is 22.6 Å². The first-order chi connectivity index (χ1) is 13.5. The summed E-state index contributed by atoms with van der Waals surface area (Å²) in [5.41, 5.74) is 7.45. The van der Waals surface area contributed by atoms with Gasteiger partial charge < -0.3 is 14.9 Å². The van der Waals surface area contributed by atoms with Crippen LogP contribution in [0.25, 0.3) is 33.5 Å². The van der Waals surface area contributed by atoms with Crippen molar-refractivity contribution in [1.82, 2.24) is 14.5 Å². The Morgan fingerprint density at radius 1 is 1.07 bits per heavy atom. The molecule has 152 valence electrons. The lowest BCUT2D eigenvalue weighted by molar-refractivity contribution is 0.386. The third-order valence-electron chi connectivity index (χ3n) is 5.02. The van der Waals surface area contributed by atoms with Gasteiger partial charge >= 0.3 is 0 Å². The SMILES string of the molecule is COc1ccc2nc(-c3cc4ccccc4o3)nc([N+](C)(C)CCCN)c2c1.Cl. The summed E-state index contributed by atoms with van der Waals surface area (Å²) in [5, 5.41) is 2.01. The zero-order chi connectivity index (χ0) is 19.7. The van der Waals surface area contributed by atoms with Crippen molar-refractivity contribution in [3.63, 3.8) is 0 Å². The lowest BCUT2D eigenvalue weighted by atomic mass is 10.2. The van der Waals surface area contributed by atoms with Gasteiger partial charge in [0.2, 0.25) is 11.6 Å². The summed E-state index contributed by atoms with van der Waals surface area (Å²) in [6.45, 7) is 1.52. The maximum atomic E-state index is 6.02. The predicted molar refractivity (Wildman–Crippen MR) is 121 cm³/mol. The van der Waals surface area contributed by atoms with Crippen molar-refractivity contribution in [1.29, 1.82) is 0 Å². The molecule has 0 aliphatic rings. The highest BCUT2D eigenvalue weighted by atomic mass is 35.5. The second-order valence-electron chi connectivity index (χ2n) is 7.45. The van der Waals surface area contributed by atoms with E-state index in [4.69, 9.17) is 24.9 Å². The molecule has 6 nitrogen and oxygen atoms in total. The van der Waals surface area contributed by atoms with Gasteiger partial charge in [0, 0.05) is 11.8 Å². The van der Waals surface area contributed by atoms with Crippen LogP contribution in [0.3, 0.4) is 0 Å². The molecule has 0 saturated carbocycles. The number of rotatable bonds is 6. The molecule has 0 aliphatic carbocycles. The fraction of sp³-hybridized carbons (Fsp3) is 0.273. The maximum Gasteiger partial charge on any atom is 0.239 e. The molecule has 7 heteroatoms. The van der Waals surface area contributed by atoms with Crippen molar-refractivity contribution in [3.05, 3.63) is 48.5 Å². The molecule has 0 fully saturated rings. The van der Waals surface area contributed by atoms with Gasteiger partial charge in [0.15, 0.2) is 5.76 Å². The van der Waals surface area contributed by atoms with Crippen molar-refractivity contribution in [2.45, 2.75) is 6.42 Å². The molecule has 4 rings (SSSR count). The van der Waals surface area contributed by atoms with Crippen molar-refractivity contribution in [2.24, 2.45) is 5.73 Å². The summed E-state index contributed by atoms with van der Waals surface area (Å²) in [7, 11) is 5.94. The van der Waals surface area contributed by atoms with Gasteiger partial charge in [-0.25, -0.2) is 4.98 Å². The molecular weight excluding hydrogens is 388 g/mol. The Balaban J connectivity index is 0.00000240. The van der Waals surface area contributed by atoms with Gasteiger partial charge in [-0.1, -0.05) is 18.2 Å². The number of nitrogens with two attached hydrogens (primary N) is 1. The minimum atomic E-state index is 0. The van der Waals surface area contributed by atoms with Crippen molar-refractivity contribution in [3.8, 4) is 17.3 Å². The van der Waals surface area contributed by atoms with Crippen molar-refractivity contribution >= 4 is 40.1 Å². The Morgan fingerprint density at radius 2 is 1.86 bits per heavy atom. The number of para-hydroxylation sites is 1. The fourth-order valence-electron chi connectivity index (χ4n) is 3.47. The summed E-state index contributed by atoms with van der Waals surface area (Å²) in [6, 6.07) is 15.8. The van der Waals surface area contributed by atoms with Crippen LogP contribution in [0.5, 0.6) is 5.75 Å². The Kier molecular flexibility index (Phi) is 6.07. The Bertz CT molecular complexity index is 1110. The van der Waals surface area contributed by atoms with Gasteiger partial charge in [-0.15, -0.1) is 12.4 Å². The number of nitrogens with zero attached hydrogens (tertiary/aromatic N) is 3. The summed E-state index contributed by atoms with van der Waals surface area (Å²) < 4.78 is 12.0. The van der Waals surface area contributed by atoms with Gasteiger partial charge in [-0.05, 0) is 36.9 Å². The van der Waals surface area contributed by atoms with E-state index in [1.165, 1.54) is 0 Å². The molecule has 0 bridgehead atoms. The van der Waals surface area contributed by atoms with Crippen LogP contribution in [0.1, 0.15) is 6.42 Å². The molecule has 2 N–H and O–H groups in total. The highest BCUT2D eigenvalue weighted by Crippen LogP contribution is 2.34. The van der Waals surface area contributed by atoms with Crippen LogP contribution in [0.2, 0.25) is 0 Å². The number of hydrogen-bond acceptors (Lipinski definition) is 5. The quantitative estimate of drug-likeness (QED) is 0.474. The Labute approximate surface area is 176 Å². The fourth-order valence-corrected chi connectivity index (χ4v) is 3.47. The Hall–Kier alpha value is -2.67. The first kappa shape index (κ1) is 21.0. The first-order valence-electron chi connectivity index (χ1n) is 9.40. The van der Waals surface area contributed by atoms with Crippen molar-refractivity contribution in [2.75, 3.05) is 34.3 Å². The number of methoxy groups -OCH3 is 1. The number of benzene rings is 2. The van der Waals surface area contributed by atoms with Crippen LogP contribution in [-0.4, -0.2) is 44.3 Å². The molecule has 0 unspecified atom stereocenters. The van der Waals surface area contributed by atoms with Gasteiger partial charge in [0.25, 0.3) is 0 Å². The van der Waals surface area contributed by atoms with E-state index in [9.17, 15) is 0 Å². The summed E-state index contributed by atoms with van der Waals surface area (Å²) in [6.07, 6.45) is 0.905. The monoisotopic (exact) mass is 413 g/mol. The number of quaternary nitrogens is 1. The topological polar surface area (TPSA) is 74.2 Å². The second kappa shape index (κ2) is 8.37. The molecule has 0 atom stereocenters. The lowest BCUT2D eigenvalue weighted by Gasteiger charge is -2.29. The van der Waals surface area contributed by atoms with E-state index < -0.39 is 0 Å². The molecule has 0 saturated heterocycles. The van der Waals surface area contributed by atoms with Crippen LogP contribution < -0.4 is 15.0 Å². The van der Waals surface area contributed by atoms with Gasteiger partial charge in [-0.3, -0.25) is 4.48 Å². The molecule has 4 aromatic rings. The van der Waals surface area contributed by atoms with E-state index in [-0.39, 0.29) is 12.4 Å². The highest BCUT2D eigenvalue weighted by molar-refractivity contribution is 5.91. The van der Waals surface area contributed by atoms with E-state index in [2.05, 4.69) is 14.1 Å². The minimum absolute atomic E-state index is 0. The molecule has 0 radical (unpaired) electrons. The molecule has 2 aromatic carbocycles. The van der Waals surface area contributed by atoms with E-state index in [1.54, 1.807) is 7.11 Å². The normalized spacial score (nSPS) is 11.6. The van der Waals surface area contributed by atoms with Gasteiger partial charge in [0.05, 0.1) is 38.7 Å². The van der Waals surface area contributed by atoms with Crippen LogP contribution >= 0.6 is 12.4 Å². The number of halogens is 1. The number of hydrogen-bond donors (Lipinski definition) is 1. The molecular formula is C22H26ClN4O2+. The number of fused-ring (bicyclic) bond motifs is 2. The molecule has 0 amide bonds. The number of furan rings is 1. The highest BCUT2D eigenvalue weighted by Gasteiger charge is 2.26. The zero-order valence-electron chi connectivity index (χ0n) is 16.9. The van der Waals surface area contributed by atoms with E-state index in [0.717, 1.165) is 46.4 Å². The molecule has 0 aliphatic heterocycles. The third kappa shape index (κ3) is 4.05. The zero-order valence-corrected chi connectivity index (χ0v) is 17.7. The van der Waals surface area contributed by atoms with Crippen LogP contribution in [0.15, 0.2) is 52.9 Å². The van der Waals surface area contributed by atoms with Crippen molar-refractivity contribution < 1.29 is 9.15 Å². The minimum Gasteiger partial charge on any atom is -0.497 e. The smallest absolute Gasteiger partial charge is 0.239 e. The standard InChI is InChI=1S/C22H25N4O2.ClH/c1-26(2,12-6-11-23)22-17-14-16(27-3)9-10-18(17)24-21(25-22)20-13-15-7-4-5-8-19(15)28-20;/h4-5,7-10,13-14H,6,11-12,23H2,1-3H3;1H/q+1;. The average Bonchev–Trinajstić information content (AvgIpc) is 3.15. The van der Waals surface area contributed by atoms with E-state index >= 15 is 0 Å². The summed E-state index contributed by atoms with van der Waals surface area (Å²) in [4.78, 5) is 9.71. The third-order valence-corrected chi connectivity index (χ3v) is 5.02. The number of aromatic nitrogens is 2. The largest absolute Gasteiger partial charge is 0.497 e. The van der Waals surface area contributed by atoms with Gasteiger partial charge in [-0.2, -0.15) is 4.98 Å². The first-order valence-corrected chi connectivity index (χ1v) is 9.40. The van der Waals surface area contributed by atoms with Crippen LogP contribution in [-0.2, 0) is 0 Å². The number of ether oxygens (including phenoxy) is 1. The lowest BCUT2D eigenvalue weighted by Crippen LogP contribution is -2.43.